The topological polar surface area (TPSA) is 91.7 Å². The number of ether oxygens (including phenoxy) is 1. The molecule has 6 nitrogen and oxygen atoms in total. The molecule has 0 fully saturated rings. The summed E-state index contributed by atoms with van der Waals surface area (Å²) in [5.41, 5.74) is 2.27. The first-order valence-corrected chi connectivity index (χ1v) is 8.59. The second kappa shape index (κ2) is 8.78. The van der Waals surface area contributed by atoms with Gasteiger partial charge in [-0.1, -0.05) is 12.1 Å². The standard InChI is InChI=1S/C20H26N2O4/c1-14-10-18(26-3)21-12-17(14)15-6-4-7-16(11-15)19(24)22-13-20(2,25)8-5-9-23/h4,6-7,10-12,23,25H,5,8-9,13H2,1-3H3,(H,22,24)/t20-/m1/s1. The molecule has 0 saturated carbocycles. The molecule has 1 heterocycles. The summed E-state index contributed by atoms with van der Waals surface area (Å²) in [5.74, 6) is 0.292. The van der Waals surface area contributed by atoms with Gasteiger partial charge in [-0.3, -0.25) is 4.79 Å². The monoisotopic (exact) mass is 358 g/mol. The van der Waals surface area contributed by atoms with Gasteiger partial charge in [-0.15, -0.1) is 0 Å². The molecule has 0 aliphatic heterocycles. The van der Waals surface area contributed by atoms with Gasteiger partial charge in [0.2, 0.25) is 5.88 Å². The zero-order chi connectivity index (χ0) is 19.2. The molecule has 2 aromatic rings. The van der Waals surface area contributed by atoms with Crippen LogP contribution in [0.2, 0.25) is 0 Å². The Morgan fingerprint density at radius 1 is 1.35 bits per heavy atom. The van der Waals surface area contributed by atoms with Crippen molar-refractivity contribution in [2.75, 3.05) is 20.3 Å². The van der Waals surface area contributed by atoms with Crippen molar-refractivity contribution in [1.29, 1.82) is 0 Å². The third kappa shape index (κ3) is 5.28. The van der Waals surface area contributed by atoms with Gasteiger partial charge >= 0.3 is 0 Å². The lowest BCUT2D eigenvalue weighted by molar-refractivity contribution is 0.0415. The van der Waals surface area contributed by atoms with E-state index in [2.05, 4.69) is 10.3 Å². The number of amides is 1. The van der Waals surface area contributed by atoms with Crippen LogP contribution in [0.15, 0.2) is 36.5 Å². The van der Waals surface area contributed by atoms with E-state index in [0.717, 1.165) is 16.7 Å². The van der Waals surface area contributed by atoms with Gasteiger partial charge in [-0.05, 0) is 49.9 Å². The number of pyridine rings is 1. The fourth-order valence-electron chi connectivity index (χ4n) is 2.69. The van der Waals surface area contributed by atoms with Crippen molar-refractivity contribution < 1.29 is 19.7 Å². The van der Waals surface area contributed by atoms with Crippen molar-refractivity contribution in [2.24, 2.45) is 0 Å². The number of aromatic nitrogens is 1. The molecule has 140 valence electrons. The number of aliphatic hydroxyl groups excluding tert-OH is 1. The van der Waals surface area contributed by atoms with E-state index in [1.165, 1.54) is 0 Å². The Kier molecular flexibility index (Phi) is 6.71. The van der Waals surface area contributed by atoms with Crippen LogP contribution in [0.3, 0.4) is 0 Å². The molecule has 2 rings (SSSR count). The highest BCUT2D eigenvalue weighted by Crippen LogP contribution is 2.25. The minimum Gasteiger partial charge on any atom is -0.481 e. The molecule has 1 aromatic heterocycles. The van der Waals surface area contributed by atoms with Crippen LogP contribution in [-0.2, 0) is 0 Å². The molecule has 1 amide bonds. The van der Waals surface area contributed by atoms with Crippen LogP contribution in [0.5, 0.6) is 5.88 Å². The van der Waals surface area contributed by atoms with Gasteiger partial charge in [-0.2, -0.15) is 0 Å². The molecular formula is C20H26N2O4. The minimum absolute atomic E-state index is 0.0153. The number of carbonyl (C=O) groups is 1. The summed E-state index contributed by atoms with van der Waals surface area (Å²) in [7, 11) is 1.57. The molecule has 26 heavy (non-hydrogen) atoms. The van der Waals surface area contributed by atoms with Crippen LogP contribution in [0, 0.1) is 6.92 Å². The molecule has 1 aromatic carbocycles. The number of hydrogen-bond donors (Lipinski definition) is 3. The highest BCUT2D eigenvalue weighted by Gasteiger charge is 2.21. The Bertz CT molecular complexity index is 759. The molecule has 0 unspecified atom stereocenters. The zero-order valence-electron chi connectivity index (χ0n) is 15.5. The summed E-state index contributed by atoms with van der Waals surface area (Å²) >= 11 is 0. The minimum atomic E-state index is -1.05. The molecule has 6 heteroatoms. The van der Waals surface area contributed by atoms with Crippen LogP contribution in [0.1, 0.15) is 35.7 Å². The number of nitrogens with zero attached hydrogens (tertiary/aromatic N) is 1. The first-order valence-electron chi connectivity index (χ1n) is 8.59. The van der Waals surface area contributed by atoms with Crippen molar-refractivity contribution >= 4 is 5.91 Å². The molecule has 3 N–H and O–H groups in total. The fraction of sp³-hybridized carbons (Fsp3) is 0.400. The maximum atomic E-state index is 12.4. The largest absolute Gasteiger partial charge is 0.481 e. The van der Waals surface area contributed by atoms with E-state index in [1.54, 1.807) is 32.4 Å². The number of benzene rings is 1. The fourth-order valence-corrected chi connectivity index (χ4v) is 2.69. The van der Waals surface area contributed by atoms with Gasteiger partial charge in [0.15, 0.2) is 0 Å². The Morgan fingerprint density at radius 2 is 2.12 bits per heavy atom. The van der Waals surface area contributed by atoms with Crippen molar-refractivity contribution in [3.05, 3.63) is 47.7 Å². The summed E-state index contributed by atoms with van der Waals surface area (Å²) in [5, 5.41) is 21.8. The summed E-state index contributed by atoms with van der Waals surface area (Å²) in [6.07, 6.45) is 2.63. The Balaban J connectivity index is 2.12. The molecule has 0 spiro atoms. The summed E-state index contributed by atoms with van der Waals surface area (Å²) in [6.45, 7) is 3.75. The molecule has 0 saturated heterocycles. The highest BCUT2D eigenvalue weighted by molar-refractivity contribution is 5.95. The van der Waals surface area contributed by atoms with E-state index in [0.29, 0.717) is 24.3 Å². The second-order valence-electron chi connectivity index (χ2n) is 6.63. The van der Waals surface area contributed by atoms with Crippen molar-refractivity contribution in [3.8, 4) is 17.0 Å². The number of methoxy groups -OCH3 is 1. The summed E-state index contributed by atoms with van der Waals surface area (Å²) < 4.78 is 5.13. The molecule has 0 aliphatic rings. The average Bonchev–Trinajstić information content (AvgIpc) is 2.64. The normalized spacial score (nSPS) is 13.1. The van der Waals surface area contributed by atoms with Crippen molar-refractivity contribution in [3.63, 3.8) is 0 Å². The first-order chi connectivity index (χ1) is 12.4. The van der Waals surface area contributed by atoms with Crippen LogP contribution >= 0.6 is 0 Å². The van der Waals surface area contributed by atoms with Gasteiger partial charge in [0.1, 0.15) is 0 Å². The SMILES string of the molecule is COc1cc(C)c(-c2cccc(C(=O)NC[C@](C)(O)CCCO)c2)cn1. The molecular weight excluding hydrogens is 332 g/mol. The van der Waals surface area contributed by atoms with Crippen molar-refractivity contribution in [2.45, 2.75) is 32.3 Å². The molecule has 0 aliphatic carbocycles. The van der Waals surface area contributed by atoms with Gasteiger partial charge in [0, 0.05) is 36.5 Å². The highest BCUT2D eigenvalue weighted by atomic mass is 16.5. The molecule has 0 bridgehead atoms. The van der Waals surface area contributed by atoms with E-state index < -0.39 is 5.60 Å². The predicted molar refractivity (Wildman–Crippen MR) is 100 cm³/mol. The van der Waals surface area contributed by atoms with E-state index in [1.807, 2.05) is 25.1 Å². The summed E-state index contributed by atoms with van der Waals surface area (Å²) in [4.78, 5) is 16.7. The van der Waals surface area contributed by atoms with Crippen molar-refractivity contribution in [1.82, 2.24) is 10.3 Å². The smallest absolute Gasteiger partial charge is 0.251 e. The average molecular weight is 358 g/mol. The van der Waals surface area contributed by atoms with Gasteiger partial charge in [0.05, 0.1) is 12.7 Å². The zero-order valence-corrected chi connectivity index (χ0v) is 15.5. The third-order valence-electron chi connectivity index (χ3n) is 4.23. The number of carbonyl (C=O) groups excluding carboxylic acids is 1. The Hall–Kier alpha value is -2.44. The lowest BCUT2D eigenvalue weighted by Gasteiger charge is -2.23. The number of rotatable bonds is 8. The summed E-state index contributed by atoms with van der Waals surface area (Å²) in [6, 6.07) is 9.12. The number of hydrogen-bond acceptors (Lipinski definition) is 5. The van der Waals surface area contributed by atoms with E-state index in [-0.39, 0.29) is 19.1 Å². The van der Waals surface area contributed by atoms with Crippen LogP contribution in [-0.4, -0.2) is 47.0 Å². The third-order valence-corrected chi connectivity index (χ3v) is 4.23. The number of nitrogens with one attached hydrogen (secondary N) is 1. The Labute approximate surface area is 153 Å². The van der Waals surface area contributed by atoms with Crippen LogP contribution in [0.4, 0.5) is 0 Å². The molecule has 0 radical (unpaired) electrons. The van der Waals surface area contributed by atoms with E-state index in [9.17, 15) is 9.90 Å². The van der Waals surface area contributed by atoms with Gasteiger partial charge in [0.25, 0.3) is 5.91 Å². The first kappa shape index (κ1) is 19.9. The van der Waals surface area contributed by atoms with E-state index in [4.69, 9.17) is 9.84 Å². The van der Waals surface area contributed by atoms with Crippen LogP contribution < -0.4 is 10.1 Å². The quantitative estimate of drug-likeness (QED) is 0.674. The molecule has 1 atom stereocenters. The maximum Gasteiger partial charge on any atom is 0.251 e. The Morgan fingerprint density at radius 3 is 2.77 bits per heavy atom. The maximum absolute atomic E-state index is 12.4. The van der Waals surface area contributed by atoms with Gasteiger partial charge < -0.3 is 20.3 Å². The number of aliphatic hydroxyl groups is 2. The second-order valence-corrected chi connectivity index (χ2v) is 6.63. The lowest BCUT2D eigenvalue weighted by atomic mass is 9.99. The van der Waals surface area contributed by atoms with E-state index >= 15 is 0 Å². The van der Waals surface area contributed by atoms with Gasteiger partial charge in [-0.25, -0.2) is 4.98 Å². The number of aryl methyl sites for hydroxylation is 1. The van der Waals surface area contributed by atoms with Crippen LogP contribution in [0.25, 0.3) is 11.1 Å². The predicted octanol–water partition coefficient (Wildman–Crippen LogP) is 2.32. The lowest BCUT2D eigenvalue weighted by Crippen LogP contribution is -2.40.